The molecule has 1 aliphatic heterocycles. The van der Waals surface area contributed by atoms with Gasteiger partial charge >= 0.3 is 0 Å². The number of H-pyrrole nitrogens is 1. The first-order valence-electron chi connectivity index (χ1n) is 9.67. The smallest absolute Gasteiger partial charge is 0.259 e. The molecule has 1 amide bonds. The number of nitrogens with two attached hydrogens (primary N) is 1. The van der Waals surface area contributed by atoms with Crippen LogP contribution in [0.1, 0.15) is 43.0 Å². The van der Waals surface area contributed by atoms with Crippen molar-refractivity contribution in [1.82, 2.24) is 19.8 Å². The zero-order valence-electron chi connectivity index (χ0n) is 16.0. The maximum atomic E-state index is 12.7. The number of hydrogen-bond acceptors (Lipinski definition) is 6. The number of nitrogens with one attached hydrogen (secondary N) is 1. The van der Waals surface area contributed by atoms with Crippen LogP contribution in [0.3, 0.4) is 0 Å². The SMILES string of the molecule is CC(C)(N)C(=O)N1CCN(Cc2nc3sc4c(c3c(=O)[nH]2)CCCC4)CC1. The van der Waals surface area contributed by atoms with E-state index in [0.29, 0.717) is 25.5 Å². The van der Waals surface area contributed by atoms with E-state index in [-0.39, 0.29) is 11.5 Å². The quantitative estimate of drug-likeness (QED) is 0.824. The second-order valence-electron chi connectivity index (χ2n) is 8.19. The fourth-order valence-corrected chi connectivity index (χ4v) is 5.29. The lowest BCUT2D eigenvalue weighted by Crippen LogP contribution is -2.56. The Bertz CT molecular complexity index is 919. The fourth-order valence-electron chi connectivity index (χ4n) is 4.01. The average Bonchev–Trinajstić information content (AvgIpc) is 2.99. The molecule has 146 valence electrons. The Morgan fingerprint density at radius 1 is 1.22 bits per heavy atom. The van der Waals surface area contributed by atoms with Gasteiger partial charge in [-0.1, -0.05) is 0 Å². The Balaban J connectivity index is 1.47. The van der Waals surface area contributed by atoms with E-state index in [2.05, 4.69) is 9.88 Å². The van der Waals surface area contributed by atoms with E-state index in [1.165, 1.54) is 16.9 Å². The molecule has 3 N–H and O–H groups in total. The van der Waals surface area contributed by atoms with Gasteiger partial charge in [0.25, 0.3) is 5.56 Å². The van der Waals surface area contributed by atoms with Crippen molar-refractivity contribution in [2.45, 2.75) is 51.6 Å². The van der Waals surface area contributed by atoms with E-state index >= 15 is 0 Å². The van der Waals surface area contributed by atoms with E-state index in [9.17, 15) is 9.59 Å². The summed E-state index contributed by atoms with van der Waals surface area (Å²) in [4.78, 5) is 38.9. The summed E-state index contributed by atoms with van der Waals surface area (Å²) >= 11 is 1.68. The number of aromatic amines is 1. The molecule has 2 aliphatic rings. The molecule has 2 aromatic heterocycles. The van der Waals surface area contributed by atoms with Gasteiger partial charge in [0.1, 0.15) is 10.7 Å². The number of carbonyl (C=O) groups excluding carboxylic acids is 1. The van der Waals surface area contributed by atoms with Gasteiger partial charge in [-0.15, -0.1) is 11.3 Å². The molecule has 0 bridgehead atoms. The number of rotatable bonds is 3. The molecule has 1 fully saturated rings. The van der Waals surface area contributed by atoms with Crippen molar-refractivity contribution >= 4 is 27.5 Å². The van der Waals surface area contributed by atoms with E-state index in [4.69, 9.17) is 10.7 Å². The third-order valence-electron chi connectivity index (χ3n) is 5.46. The molecule has 0 atom stereocenters. The summed E-state index contributed by atoms with van der Waals surface area (Å²) in [6.45, 7) is 6.90. The summed E-state index contributed by atoms with van der Waals surface area (Å²) in [5.74, 6) is 0.698. The lowest BCUT2D eigenvalue weighted by atomic mass is 9.97. The number of piperazine rings is 1. The number of hydrogen-bond donors (Lipinski definition) is 2. The zero-order chi connectivity index (χ0) is 19.2. The highest BCUT2D eigenvalue weighted by molar-refractivity contribution is 7.18. The van der Waals surface area contributed by atoms with Crippen molar-refractivity contribution in [3.63, 3.8) is 0 Å². The molecule has 1 aliphatic carbocycles. The number of aromatic nitrogens is 2. The van der Waals surface area contributed by atoms with Crippen molar-refractivity contribution in [1.29, 1.82) is 0 Å². The molecule has 27 heavy (non-hydrogen) atoms. The maximum Gasteiger partial charge on any atom is 0.259 e. The van der Waals surface area contributed by atoms with Crippen LogP contribution in [0.4, 0.5) is 0 Å². The Labute approximate surface area is 162 Å². The second-order valence-corrected chi connectivity index (χ2v) is 9.28. The van der Waals surface area contributed by atoms with Crippen LogP contribution >= 0.6 is 11.3 Å². The van der Waals surface area contributed by atoms with Crippen LogP contribution in [0.5, 0.6) is 0 Å². The van der Waals surface area contributed by atoms with Crippen molar-refractivity contribution in [2.75, 3.05) is 26.2 Å². The molecule has 0 saturated carbocycles. The van der Waals surface area contributed by atoms with Crippen molar-refractivity contribution in [3.8, 4) is 0 Å². The molecular weight excluding hydrogens is 362 g/mol. The molecule has 8 heteroatoms. The monoisotopic (exact) mass is 389 g/mol. The molecule has 0 radical (unpaired) electrons. The fraction of sp³-hybridized carbons (Fsp3) is 0.632. The Morgan fingerprint density at radius 3 is 2.63 bits per heavy atom. The molecule has 7 nitrogen and oxygen atoms in total. The van der Waals surface area contributed by atoms with Gasteiger partial charge in [-0.25, -0.2) is 4.98 Å². The molecule has 2 aromatic rings. The molecular formula is C19H27N5O2S. The van der Waals surface area contributed by atoms with Gasteiger partial charge in [0.05, 0.1) is 17.5 Å². The van der Waals surface area contributed by atoms with Crippen molar-refractivity contribution in [2.24, 2.45) is 5.73 Å². The standard InChI is InChI=1S/C19H27N5O2S/c1-19(2,20)18(26)24-9-7-23(8-10-24)11-14-21-16(25)15-12-5-3-4-6-13(12)27-17(15)22-14/h3-11,20H2,1-2H3,(H,21,22,25). The molecule has 3 heterocycles. The topological polar surface area (TPSA) is 95.3 Å². The predicted molar refractivity (Wildman–Crippen MR) is 107 cm³/mol. The highest BCUT2D eigenvalue weighted by Crippen LogP contribution is 2.33. The third-order valence-corrected chi connectivity index (χ3v) is 6.64. The number of carbonyl (C=O) groups is 1. The van der Waals surface area contributed by atoms with Crippen LogP contribution in [-0.2, 0) is 24.2 Å². The van der Waals surface area contributed by atoms with E-state index in [0.717, 1.165) is 42.6 Å². The molecule has 4 rings (SSSR count). The van der Waals surface area contributed by atoms with Gasteiger partial charge in [0.15, 0.2) is 0 Å². The summed E-state index contributed by atoms with van der Waals surface area (Å²) in [7, 11) is 0. The summed E-state index contributed by atoms with van der Waals surface area (Å²) in [5.41, 5.74) is 6.30. The first kappa shape index (κ1) is 18.6. The van der Waals surface area contributed by atoms with E-state index in [1.807, 2.05) is 4.90 Å². The highest BCUT2D eigenvalue weighted by Gasteiger charge is 2.30. The first-order chi connectivity index (χ1) is 12.8. The van der Waals surface area contributed by atoms with E-state index in [1.54, 1.807) is 25.2 Å². The number of aryl methyl sites for hydroxylation is 2. The minimum atomic E-state index is -0.835. The zero-order valence-corrected chi connectivity index (χ0v) is 16.8. The Morgan fingerprint density at radius 2 is 1.93 bits per heavy atom. The lowest BCUT2D eigenvalue weighted by molar-refractivity contribution is -0.137. The van der Waals surface area contributed by atoms with Gasteiger partial charge in [0.2, 0.25) is 5.91 Å². The van der Waals surface area contributed by atoms with Gasteiger partial charge in [-0.3, -0.25) is 14.5 Å². The third kappa shape index (κ3) is 3.66. The van der Waals surface area contributed by atoms with E-state index < -0.39 is 5.54 Å². The normalized spacial score (nSPS) is 18.7. The van der Waals surface area contributed by atoms with Crippen LogP contribution in [0, 0.1) is 0 Å². The molecule has 0 unspecified atom stereocenters. The minimum Gasteiger partial charge on any atom is -0.339 e. The summed E-state index contributed by atoms with van der Waals surface area (Å²) in [6.07, 6.45) is 4.42. The minimum absolute atomic E-state index is 0.00639. The Hall–Kier alpha value is -1.77. The molecule has 0 aromatic carbocycles. The van der Waals surface area contributed by atoms with Crippen molar-refractivity contribution in [3.05, 3.63) is 26.6 Å². The van der Waals surface area contributed by atoms with Crippen LogP contribution in [0.25, 0.3) is 10.2 Å². The lowest BCUT2D eigenvalue weighted by Gasteiger charge is -2.37. The number of thiophene rings is 1. The molecule has 1 saturated heterocycles. The van der Waals surface area contributed by atoms with Gasteiger partial charge in [0, 0.05) is 31.1 Å². The van der Waals surface area contributed by atoms with Crippen LogP contribution in [0.15, 0.2) is 4.79 Å². The number of amides is 1. The first-order valence-corrected chi connectivity index (χ1v) is 10.5. The van der Waals surface area contributed by atoms with Crippen LogP contribution in [-0.4, -0.2) is 57.4 Å². The maximum absolute atomic E-state index is 12.7. The molecule has 0 spiro atoms. The predicted octanol–water partition coefficient (Wildman–Crippen LogP) is 1.24. The Kier molecular flexibility index (Phi) is 4.82. The number of fused-ring (bicyclic) bond motifs is 3. The van der Waals surface area contributed by atoms with Crippen molar-refractivity contribution < 1.29 is 4.79 Å². The van der Waals surface area contributed by atoms with Crippen LogP contribution in [0.2, 0.25) is 0 Å². The number of nitrogens with zero attached hydrogens (tertiary/aromatic N) is 3. The largest absolute Gasteiger partial charge is 0.339 e. The summed E-state index contributed by atoms with van der Waals surface area (Å²) < 4.78 is 0. The average molecular weight is 390 g/mol. The summed E-state index contributed by atoms with van der Waals surface area (Å²) in [5, 5.41) is 0.805. The van der Waals surface area contributed by atoms with Gasteiger partial charge < -0.3 is 15.6 Å². The van der Waals surface area contributed by atoms with Gasteiger partial charge in [-0.2, -0.15) is 0 Å². The van der Waals surface area contributed by atoms with Crippen LogP contribution < -0.4 is 11.3 Å². The van der Waals surface area contributed by atoms with Gasteiger partial charge in [-0.05, 0) is 45.1 Å². The summed E-state index contributed by atoms with van der Waals surface area (Å²) in [6, 6.07) is 0. The second kappa shape index (κ2) is 7.00. The highest BCUT2D eigenvalue weighted by atomic mass is 32.1.